The van der Waals surface area contributed by atoms with Gasteiger partial charge in [0.25, 0.3) is 0 Å². The van der Waals surface area contributed by atoms with Crippen molar-refractivity contribution in [3.8, 4) is 6.07 Å². The molecule has 3 fully saturated rings. The standard InChI is InChI=1S/C11H15NO2/c12-7-8-3-9-5-11(6-10(9)4-8)13-1-2-14-11/h8-10H,1-6H2. The SMILES string of the molecule is N#CC1CC2CC3(CC2C1)OCCO3. The van der Waals surface area contributed by atoms with Crippen LogP contribution in [0.4, 0.5) is 0 Å². The summed E-state index contributed by atoms with van der Waals surface area (Å²) in [4.78, 5) is 0. The van der Waals surface area contributed by atoms with Gasteiger partial charge in [0.15, 0.2) is 5.79 Å². The monoisotopic (exact) mass is 193 g/mol. The van der Waals surface area contributed by atoms with Crippen molar-refractivity contribution in [3.63, 3.8) is 0 Å². The van der Waals surface area contributed by atoms with E-state index < -0.39 is 0 Å². The van der Waals surface area contributed by atoms with Crippen molar-refractivity contribution in [3.05, 3.63) is 0 Å². The van der Waals surface area contributed by atoms with Gasteiger partial charge in [0.1, 0.15) is 0 Å². The Balaban J connectivity index is 1.71. The van der Waals surface area contributed by atoms with Gasteiger partial charge in [0, 0.05) is 18.8 Å². The smallest absolute Gasteiger partial charge is 0.169 e. The summed E-state index contributed by atoms with van der Waals surface area (Å²) < 4.78 is 11.4. The number of rotatable bonds is 0. The molecule has 3 rings (SSSR count). The lowest BCUT2D eigenvalue weighted by molar-refractivity contribution is -0.155. The number of hydrogen-bond donors (Lipinski definition) is 0. The van der Waals surface area contributed by atoms with Gasteiger partial charge in [-0.2, -0.15) is 5.26 Å². The van der Waals surface area contributed by atoms with E-state index in [1.807, 2.05) is 0 Å². The van der Waals surface area contributed by atoms with Crippen molar-refractivity contribution >= 4 is 0 Å². The number of fused-ring (bicyclic) bond motifs is 1. The first kappa shape index (κ1) is 8.70. The fourth-order valence-electron chi connectivity index (χ4n) is 3.43. The molecule has 3 nitrogen and oxygen atoms in total. The van der Waals surface area contributed by atoms with Crippen LogP contribution in [0.5, 0.6) is 0 Å². The van der Waals surface area contributed by atoms with Crippen LogP contribution in [-0.2, 0) is 9.47 Å². The van der Waals surface area contributed by atoms with Crippen molar-refractivity contribution in [1.29, 1.82) is 5.26 Å². The van der Waals surface area contributed by atoms with Crippen LogP contribution < -0.4 is 0 Å². The van der Waals surface area contributed by atoms with Gasteiger partial charge in [-0.1, -0.05) is 0 Å². The van der Waals surface area contributed by atoms with Crippen LogP contribution in [0.2, 0.25) is 0 Å². The summed E-state index contributed by atoms with van der Waals surface area (Å²) >= 11 is 0. The zero-order chi connectivity index (χ0) is 9.60. The van der Waals surface area contributed by atoms with Gasteiger partial charge in [-0.25, -0.2) is 0 Å². The molecular formula is C11H15NO2. The molecule has 3 aliphatic rings. The zero-order valence-corrected chi connectivity index (χ0v) is 8.24. The molecule has 0 N–H and O–H groups in total. The first-order valence-electron chi connectivity index (χ1n) is 5.49. The molecule has 1 spiro atoms. The number of nitriles is 1. The number of nitrogens with zero attached hydrogens (tertiary/aromatic N) is 1. The van der Waals surface area contributed by atoms with Gasteiger partial charge in [-0.15, -0.1) is 0 Å². The largest absolute Gasteiger partial charge is 0.348 e. The summed E-state index contributed by atoms with van der Waals surface area (Å²) in [5, 5.41) is 8.87. The number of hydrogen-bond acceptors (Lipinski definition) is 3. The normalized spacial score (nSPS) is 44.1. The molecule has 0 aromatic heterocycles. The molecule has 2 atom stereocenters. The summed E-state index contributed by atoms with van der Waals surface area (Å²) in [5.74, 6) is 1.41. The fraction of sp³-hybridized carbons (Fsp3) is 0.909. The van der Waals surface area contributed by atoms with Crippen LogP contribution in [0.3, 0.4) is 0 Å². The molecule has 2 unspecified atom stereocenters. The van der Waals surface area contributed by atoms with E-state index in [1.165, 1.54) is 0 Å². The predicted octanol–water partition coefficient (Wildman–Crippen LogP) is 1.69. The lowest BCUT2D eigenvalue weighted by Crippen LogP contribution is -2.27. The first-order valence-corrected chi connectivity index (χ1v) is 5.49. The minimum absolute atomic E-state index is 0.240. The topological polar surface area (TPSA) is 42.2 Å². The summed E-state index contributed by atoms with van der Waals surface area (Å²) in [5.41, 5.74) is 0. The van der Waals surface area contributed by atoms with E-state index in [9.17, 15) is 0 Å². The minimum Gasteiger partial charge on any atom is -0.348 e. The Morgan fingerprint density at radius 2 is 1.64 bits per heavy atom. The molecule has 1 aliphatic heterocycles. The molecule has 14 heavy (non-hydrogen) atoms. The van der Waals surface area contributed by atoms with Crippen molar-refractivity contribution in [2.45, 2.75) is 31.5 Å². The average molecular weight is 193 g/mol. The third-order valence-electron chi connectivity index (χ3n) is 3.98. The van der Waals surface area contributed by atoms with Crippen LogP contribution in [0.25, 0.3) is 0 Å². The van der Waals surface area contributed by atoms with Crippen LogP contribution in [0.1, 0.15) is 25.7 Å². The van der Waals surface area contributed by atoms with Crippen LogP contribution in [0, 0.1) is 29.1 Å². The van der Waals surface area contributed by atoms with Crippen molar-refractivity contribution in [2.24, 2.45) is 17.8 Å². The summed E-state index contributed by atoms with van der Waals surface area (Å²) in [7, 11) is 0. The fourth-order valence-corrected chi connectivity index (χ4v) is 3.43. The molecular weight excluding hydrogens is 178 g/mol. The molecule has 0 amide bonds. The highest BCUT2D eigenvalue weighted by atomic mass is 16.7. The summed E-state index contributed by atoms with van der Waals surface area (Å²) in [6.45, 7) is 1.50. The average Bonchev–Trinajstić information content (AvgIpc) is 2.81. The second kappa shape index (κ2) is 2.95. The van der Waals surface area contributed by atoms with Crippen molar-refractivity contribution in [1.82, 2.24) is 0 Å². The predicted molar refractivity (Wildman–Crippen MR) is 49.2 cm³/mol. The maximum Gasteiger partial charge on any atom is 0.169 e. The molecule has 0 aromatic carbocycles. The quantitative estimate of drug-likeness (QED) is 0.588. The highest BCUT2D eigenvalue weighted by Gasteiger charge is 2.52. The van der Waals surface area contributed by atoms with E-state index in [0.29, 0.717) is 17.8 Å². The lowest BCUT2D eigenvalue weighted by Gasteiger charge is -2.22. The van der Waals surface area contributed by atoms with Gasteiger partial charge in [0.2, 0.25) is 0 Å². The van der Waals surface area contributed by atoms with Crippen LogP contribution in [0.15, 0.2) is 0 Å². The van der Waals surface area contributed by atoms with Gasteiger partial charge in [0.05, 0.1) is 19.3 Å². The molecule has 1 heterocycles. The Labute approximate surface area is 84.0 Å². The molecule has 2 saturated carbocycles. The van der Waals surface area contributed by atoms with E-state index in [2.05, 4.69) is 6.07 Å². The molecule has 0 bridgehead atoms. The first-order chi connectivity index (χ1) is 6.81. The van der Waals surface area contributed by atoms with Gasteiger partial charge in [-0.3, -0.25) is 0 Å². The zero-order valence-electron chi connectivity index (χ0n) is 8.24. The van der Waals surface area contributed by atoms with Gasteiger partial charge < -0.3 is 9.47 Å². The Morgan fingerprint density at radius 1 is 1.07 bits per heavy atom. The Hall–Kier alpha value is -0.590. The lowest BCUT2D eigenvalue weighted by atomic mass is 10.0. The Morgan fingerprint density at radius 3 is 2.14 bits per heavy atom. The van der Waals surface area contributed by atoms with Crippen molar-refractivity contribution < 1.29 is 9.47 Å². The van der Waals surface area contributed by atoms with E-state index in [-0.39, 0.29) is 5.79 Å². The third-order valence-corrected chi connectivity index (χ3v) is 3.98. The van der Waals surface area contributed by atoms with Crippen LogP contribution >= 0.6 is 0 Å². The summed E-state index contributed by atoms with van der Waals surface area (Å²) in [6.07, 6.45) is 4.18. The molecule has 1 saturated heterocycles. The highest BCUT2D eigenvalue weighted by Crippen LogP contribution is 2.53. The second-order valence-corrected chi connectivity index (χ2v) is 4.83. The molecule has 0 radical (unpaired) electrons. The maximum absolute atomic E-state index is 8.87. The Kier molecular flexibility index (Phi) is 1.83. The van der Waals surface area contributed by atoms with E-state index in [4.69, 9.17) is 14.7 Å². The molecule has 2 aliphatic carbocycles. The minimum atomic E-state index is -0.240. The number of ether oxygens (including phenoxy) is 2. The van der Waals surface area contributed by atoms with Gasteiger partial charge in [-0.05, 0) is 24.7 Å². The van der Waals surface area contributed by atoms with E-state index in [1.54, 1.807) is 0 Å². The molecule has 0 aromatic rings. The van der Waals surface area contributed by atoms with E-state index in [0.717, 1.165) is 38.9 Å². The second-order valence-electron chi connectivity index (χ2n) is 4.83. The molecule has 3 heteroatoms. The maximum atomic E-state index is 8.87. The highest BCUT2D eigenvalue weighted by molar-refractivity contribution is 5.02. The van der Waals surface area contributed by atoms with Crippen LogP contribution in [-0.4, -0.2) is 19.0 Å². The summed E-state index contributed by atoms with van der Waals surface area (Å²) in [6, 6.07) is 2.39. The third kappa shape index (κ3) is 1.18. The van der Waals surface area contributed by atoms with E-state index >= 15 is 0 Å². The Bertz CT molecular complexity index is 262. The van der Waals surface area contributed by atoms with Gasteiger partial charge >= 0.3 is 0 Å². The van der Waals surface area contributed by atoms with Crippen molar-refractivity contribution in [2.75, 3.05) is 13.2 Å². The molecule has 76 valence electrons.